The van der Waals surface area contributed by atoms with E-state index in [4.69, 9.17) is 5.11 Å². The molecule has 1 N–H and O–H groups in total. The summed E-state index contributed by atoms with van der Waals surface area (Å²) in [7, 11) is 3.14. The van der Waals surface area contributed by atoms with Gasteiger partial charge in [0.1, 0.15) is 0 Å². The van der Waals surface area contributed by atoms with Gasteiger partial charge in [-0.2, -0.15) is 5.10 Å². The molecule has 0 atom stereocenters. The molecule has 1 aromatic rings. The third kappa shape index (κ3) is 2.73. The number of esters is 1. The van der Waals surface area contributed by atoms with E-state index in [1.165, 1.54) is 18.9 Å². The first kappa shape index (κ1) is 12.1. The van der Waals surface area contributed by atoms with Gasteiger partial charge in [-0.25, -0.2) is 0 Å². The minimum atomic E-state index is -0.289. The van der Waals surface area contributed by atoms with Crippen molar-refractivity contribution in [2.75, 3.05) is 12.9 Å². The lowest BCUT2D eigenvalue weighted by Crippen LogP contribution is -2.05. The normalized spacial score (nSPS) is 10.4. The Balaban J connectivity index is 2.79. The van der Waals surface area contributed by atoms with Crippen molar-refractivity contribution < 1.29 is 14.6 Å². The topological polar surface area (TPSA) is 64.3 Å². The zero-order valence-corrected chi connectivity index (χ0v) is 9.80. The van der Waals surface area contributed by atoms with Crippen LogP contribution in [0.2, 0.25) is 0 Å². The number of hydrogen-bond acceptors (Lipinski definition) is 5. The number of carbonyl (C=O) groups is 1. The summed E-state index contributed by atoms with van der Waals surface area (Å²) in [6.07, 6.45) is 0. The molecule has 1 aromatic heterocycles. The maximum Gasteiger partial charge on any atom is 0.316 e. The molecule has 84 valence electrons. The summed E-state index contributed by atoms with van der Waals surface area (Å²) in [4.78, 5) is 11.0. The fourth-order valence-corrected chi connectivity index (χ4v) is 2.22. The van der Waals surface area contributed by atoms with Gasteiger partial charge in [0.25, 0.3) is 0 Å². The molecule has 0 aliphatic rings. The fraction of sp³-hybridized carbons (Fsp3) is 0.556. The zero-order chi connectivity index (χ0) is 11.4. The standard InChI is InChI=1S/C9H14N2O3S/c1-6-7(4-12)9(11(2)10-6)15-5-8(13)14-3/h12H,4-5H2,1-3H3. The smallest absolute Gasteiger partial charge is 0.316 e. The van der Waals surface area contributed by atoms with Crippen LogP contribution in [0.5, 0.6) is 0 Å². The lowest BCUT2D eigenvalue weighted by atomic mass is 10.3. The highest BCUT2D eigenvalue weighted by Crippen LogP contribution is 2.24. The van der Waals surface area contributed by atoms with Gasteiger partial charge in [0.05, 0.1) is 30.2 Å². The van der Waals surface area contributed by atoms with Crippen LogP contribution in [0.1, 0.15) is 11.3 Å². The van der Waals surface area contributed by atoms with Crippen molar-refractivity contribution in [1.82, 2.24) is 9.78 Å². The number of nitrogens with zero attached hydrogens (tertiary/aromatic N) is 2. The fourth-order valence-electron chi connectivity index (χ4n) is 1.23. The van der Waals surface area contributed by atoms with Gasteiger partial charge in [0, 0.05) is 12.6 Å². The van der Waals surface area contributed by atoms with E-state index >= 15 is 0 Å². The van der Waals surface area contributed by atoms with E-state index in [0.717, 1.165) is 16.3 Å². The highest BCUT2D eigenvalue weighted by Gasteiger charge is 2.14. The Kier molecular flexibility index (Phi) is 4.16. The largest absolute Gasteiger partial charge is 0.468 e. The van der Waals surface area contributed by atoms with E-state index in [-0.39, 0.29) is 18.3 Å². The molecule has 0 unspecified atom stereocenters. The van der Waals surface area contributed by atoms with Gasteiger partial charge < -0.3 is 9.84 Å². The predicted octanol–water partition coefficient (Wildman–Crippen LogP) is 0.486. The summed E-state index contributed by atoms with van der Waals surface area (Å²) < 4.78 is 6.20. The highest BCUT2D eigenvalue weighted by atomic mass is 32.2. The second-order valence-electron chi connectivity index (χ2n) is 3.02. The molecule has 1 rings (SSSR count). The van der Waals surface area contributed by atoms with Gasteiger partial charge >= 0.3 is 5.97 Å². The molecule has 6 heteroatoms. The van der Waals surface area contributed by atoms with Crippen molar-refractivity contribution in [3.05, 3.63) is 11.3 Å². The molecule has 0 saturated carbocycles. The van der Waals surface area contributed by atoms with Crippen molar-refractivity contribution in [1.29, 1.82) is 0 Å². The molecular weight excluding hydrogens is 216 g/mol. The summed E-state index contributed by atoms with van der Waals surface area (Å²) >= 11 is 1.32. The Morgan fingerprint density at radius 1 is 1.67 bits per heavy atom. The van der Waals surface area contributed by atoms with Gasteiger partial charge in [0.2, 0.25) is 0 Å². The summed E-state index contributed by atoms with van der Waals surface area (Å²) in [5.41, 5.74) is 1.55. The Morgan fingerprint density at radius 3 is 2.87 bits per heavy atom. The van der Waals surface area contributed by atoms with Gasteiger partial charge in [-0.05, 0) is 6.92 Å². The van der Waals surface area contributed by atoms with E-state index < -0.39 is 0 Å². The molecule has 5 nitrogen and oxygen atoms in total. The molecule has 0 amide bonds. The monoisotopic (exact) mass is 230 g/mol. The molecule has 0 spiro atoms. The molecule has 0 radical (unpaired) electrons. The van der Waals surface area contributed by atoms with E-state index in [9.17, 15) is 4.79 Å². The molecule has 0 saturated heterocycles. The number of aliphatic hydroxyl groups excluding tert-OH is 1. The molecule has 0 bridgehead atoms. The number of aromatic nitrogens is 2. The van der Waals surface area contributed by atoms with Crippen LogP contribution < -0.4 is 0 Å². The first-order valence-corrected chi connectivity index (χ1v) is 5.41. The second-order valence-corrected chi connectivity index (χ2v) is 3.98. The zero-order valence-electron chi connectivity index (χ0n) is 8.98. The Morgan fingerprint density at radius 2 is 2.33 bits per heavy atom. The SMILES string of the molecule is COC(=O)CSc1c(CO)c(C)nn1C. The highest BCUT2D eigenvalue weighted by molar-refractivity contribution is 7.99. The van der Waals surface area contributed by atoms with Gasteiger partial charge in [-0.15, -0.1) is 0 Å². The number of ether oxygens (including phenoxy) is 1. The Labute approximate surface area is 92.4 Å². The van der Waals surface area contributed by atoms with E-state index in [2.05, 4.69) is 9.84 Å². The first-order valence-electron chi connectivity index (χ1n) is 4.43. The first-order chi connectivity index (χ1) is 7.10. The minimum Gasteiger partial charge on any atom is -0.468 e. The molecule has 15 heavy (non-hydrogen) atoms. The van der Waals surface area contributed by atoms with Crippen molar-refractivity contribution in [2.45, 2.75) is 18.6 Å². The Bertz CT molecular complexity index is 362. The number of aliphatic hydroxyl groups is 1. The molecule has 0 aliphatic heterocycles. The van der Waals surface area contributed by atoms with Gasteiger partial charge in [-0.3, -0.25) is 9.48 Å². The van der Waals surface area contributed by atoms with Crippen molar-refractivity contribution in [2.24, 2.45) is 7.05 Å². The van der Waals surface area contributed by atoms with Crippen LogP contribution in [0.15, 0.2) is 5.03 Å². The maximum atomic E-state index is 11.0. The predicted molar refractivity (Wildman–Crippen MR) is 56.6 cm³/mol. The molecule has 0 aromatic carbocycles. The van der Waals surface area contributed by atoms with Crippen LogP contribution >= 0.6 is 11.8 Å². The third-order valence-electron chi connectivity index (χ3n) is 2.00. The number of methoxy groups -OCH3 is 1. The van der Waals surface area contributed by atoms with Crippen LogP contribution in [0.4, 0.5) is 0 Å². The van der Waals surface area contributed by atoms with Crippen LogP contribution in [-0.4, -0.2) is 33.7 Å². The quantitative estimate of drug-likeness (QED) is 0.602. The van der Waals surface area contributed by atoms with E-state index in [1.54, 1.807) is 11.7 Å². The Hall–Kier alpha value is -1.01. The van der Waals surface area contributed by atoms with Crippen LogP contribution in [0.3, 0.4) is 0 Å². The second kappa shape index (κ2) is 5.18. The van der Waals surface area contributed by atoms with Crippen LogP contribution in [-0.2, 0) is 23.2 Å². The van der Waals surface area contributed by atoms with Crippen molar-refractivity contribution in [3.63, 3.8) is 0 Å². The average molecular weight is 230 g/mol. The number of hydrogen-bond donors (Lipinski definition) is 1. The number of rotatable bonds is 4. The summed E-state index contributed by atoms with van der Waals surface area (Å²) in [6, 6.07) is 0. The van der Waals surface area contributed by atoms with Crippen LogP contribution in [0.25, 0.3) is 0 Å². The van der Waals surface area contributed by atoms with Gasteiger partial charge in [-0.1, -0.05) is 11.8 Å². The lowest BCUT2D eigenvalue weighted by Gasteiger charge is -2.03. The van der Waals surface area contributed by atoms with E-state index in [1.807, 2.05) is 6.92 Å². The molecular formula is C9H14N2O3S. The number of aryl methyl sites for hydroxylation is 2. The lowest BCUT2D eigenvalue weighted by molar-refractivity contribution is -0.137. The molecule has 0 aliphatic carbocycles. The van der Waals surface area contributed by atoms with Crippen LogP contribution in [0, 0.1) is 6.92 Å². The number of thioether (sulfide) groups is 1. The van der Waals surface area contributed by atoms with Gasteiger partial charge in [0.15, 0.2) is 0 Å². The number of carbonyl (C=O) groups excluding carboxylic acids is 1. The summed E-state index contributed by atoms with van der Waals surface area (Å²) in [5, 5.41) is 14.1. The molecule has 0 fully saturated rings. The summed E-state index contributed by atoms with van der Waals surface area (Å²) in [6.45, 7) is 1.76. The minimum absolute atomic E-state index is 0.0663. The third-order valence-corrected chi connectivity index (χ3v) is 3.17. The summed E-state index contributed by atoms with van der Waals surface area (Å²) in [5.74, 6) is -0.0645. The van der Waals surface area contributed by atoms with Crippen molar-refractivity contribution >= 4 is 17.7 Å². The maximum absolute atomic E-state index is 11.0. The average Bonchev–Trinajstić information content (AvgIpc) is 2.49. The molecule has 1 heterocycles. The van der Waals surface area contributed by atoms with Crippen molar-refractivity contribution in [3.8, 4) is 0 Å². The van der Waals surface area contributed by atoms with E-state index in [0.29, 0.717) is 0 Å².